The maximum Gasteiger partial charge on any atom is 0.321 e. The topological polar surface area (TPSA) is 137 Å². The number of fused-ring (bicyclic) bond motifs is 2. The van der Waals surface area contributed by atoms with Crippen molar-refractivity contribution in [3.05, 3.63) is 88.4 Å². The molecule has 1 saturated carbocycles. The number of ketones is 1. The molecule has 0 aromatic heterocycles. The predicted octanol–water partition coefficient (Wildman–Crippen LogP) is 5.20. The van der Waals surface area contributed by atoms with Crippen LogP contribution in [0.5, 0.6) is 0 Å². The maximum absolute atomic E-state index is 14.3. The molecule has 2 atom stereocenters. The molecule has 0 unspecified atom stereocenters. The second-order valence-corrected chi connectivity index (χ2v) is 12.8. The van der Waals surface area contributed by atoms with Gasteiger partial charge in [-0.25, -0.2) is 9.18 Å². The number of carbonyl (C=O) groups is 4. The largest absolute Gasteiger partial charge is 0.383 e. The normalized spacial score (nSPS) is 20.7. The van der Waals surface area contributed by atoms with Crippen molar-refractivity contribution in [2.24, 2.45) is 11.7 Å². The average Bonchev–Trinajstić information content (AvgIpc) is 3.86. The fourth-order valence-corrected chi connectivity index (χ4v) is 7.17. The lowest BCUT2D eigenvalue weighted by Gasteiger charge is -2.35. The molecule has 4 N–H and O–H groups in total. The van der Waals surface area contributed by atoms with Crippen LogP contribution in [0, 0.1) is 17.1 Å². The van der Waals surface area contributed by atoms with Gasteiger partial charge in [0.15, 0.2) is 5.78 Å². The number of aryl methyl sites for hydroxylation is 2. The van der Waals surface area contributed by atoms with Gasteiger partial charge in [-0.3, -0.25) is 19.3 Å². The van der Waals surface area contributed by atoms with Crippen LogP contribution in [-0.4, -0.2) is 58.8 Å². The second kappa shape index (κ2) is 14.4. The van der Waals surface area contributed by atoms with E-state index in [1.165, 1.54) is 24.4 Å². The minimum absolute atomic E-state index is 0.0509. The van der Waals surface area contributed by atoms with Crippen LogP contribution >= 0.6 is 0 Å². The second-order valence-electron chi connectivity index (χ2n) is 12.8. The number of amides is 4. The molecule has 47 heavy (non-hydrogen) atoms. The highest BCUT2D eigenvalue weighted by Gasteiger charge is 2.48. The standard InChI is InChI=1S/C37H44FN5O4/c1-3-5-6-31(44)21-41-20-29(19-39)25-10-13-32-27(17-25)15-16-37(32,4-2)35(46)43(36(40)47)23-34(45)42-22-28-9-12-30(38)18-26(28)11-14-33(42)24-7-8-24/h5-6,9-10,12-13,17-20,24,33,39,41H,3-4,7-8,11,14-16,21-23H2,1-2H3,(H2,40,47)/b6-5+,29-20+,39-19?/t33-,37+/m1/s1. The lowest BCUT2D eigenvalue weighted by Crippen LogP contribution is -2.55. The van der Waals surface area contributed by atoms with Crippen LogP contribution in [0.1, 0.15) is 80.2 Å². The number of nitrogens with one attached hydrogen (secondary N) is 2. The first-order chi connectivity index (χ1) is 22.6. The van der Waals surface area contributed by atoms with Gasteiger partial charge >= 0.3 is 6.03 Å². The van der Waals surface area contributed by atoms with Crippen molar-refractivity contribution in [3.8, 4) is 0 Å². The van der Waals surface area contributed by atoms with Crippen molar-refractivity contribution in [2.45, 2.75) is 83.2 Å². The predicted molar refractivity (Wildman–Crippen MR) is 179 cm³/mol. The van der Waals surface area contributed by atoms with E-state index in [4.69, 9.17) is 11.1 Å². The van der Waals surface area contributed by atoms with Gasteiger partial charge < -0.3 is 21.4 Å². The van der Waals surface area contributed by atoms with Crippen LogP contribution in [0.15, 0.2) is 54.8 Å². The number of nitrogens with two attached hydrogens (primary N) is 1. The molecule has 248 valence electrons. The Kier molecular flexibility index (Phi) is 10.4. The molecule has 1 fully saturated rings. The first-order valence-corrected chi connectivity index (χ1v) is 16.6. The zero-order valence-electron chi connectivity index (χ0n) is 27.2. The molecule has 1 aliphatic heterocycles. The van der Waals surface area contributed by atoms with E-state index in [1.54, 1.807) is 23.2 Å². The van der Waals surface area contributed by atoms with Gasteiger partial charge in [-0.1, -0.05) is 44.2 Å². The highest BCUT2D eigenvalue weighted by molar-refractivity contribution is 6.08. The number of allylic oxidation sites excluding steroid dienone is 2. The summed E-state index contributed by atoms with van der Waals surface area (Å²) in [5, 5.41) is 10.9. The summed E-state index contributed by atoms with van der Waals surface area (Å²) in [6.45, 7) is 3.79. The molecule has 3 aliphatic rings. The van der Waals surface area contributed by atoms with E-state index < -0.39 is 23.9 Å². The van der Waals surface area contributed by atoms with Crippen molar-refractivity contribution < 1.29 is 23.6 Å². The molecule has 10 heteroatoms. The number of hydrogen-bond acceptors (Lipinski definition) is 6. The minimum Gasteiger partial charge on any atom is -0.383 e. The van der Waals surface area contributed by atoms with Crippen LogP contribution in [0.3, 0.4) is 0 Å². The number of benzene rings is 2. The molecule has 2 aromatic carbocycles. The van der Waals surface area contributed by atoms with Crippen molar-refractivity contribution in [1.29, 1.82) is 5.41 Å². The molecule has 4 amide bonds. The molecule has 0 saturated heterocycles. The highest BCUT2D eigenvalue weighted by Crippen LogP contribution is 2.44. The quantitative estimate of drug-likeness (QED) is 0.216. The first kappa shape index (κ1) is 33.8. The third-order valence-corrected chi connectivity index (χ3v) is 9.93. The molecule has 5 rings (SSSR count). The Bertz CT molecular complexity index is 1630. The molecule has 9 nitrogen and oxygen atoms in total. The van der Waals surface area contributed by atoms with Gasteiger partial charge in [0.2, 0.25) is 11.8 Å². The van der Waals surface area contributed by atoms with Gasteiger partial charge in [0.25, 0.3) is 0 Å². The Morgan fingerprint density at radius 2 is 1.85 bits per heavy atom. The zero-order chi connectivity index (χ0) is 33.7. The number of urea groups is 1. The Balaban J connectivity index is 1.36. The average molecular weight is 642 g/mol. The van der Waals surface area contributed by atoms with E-state index in [0.29, 0.717) is 50.1 Å². The maximum atomic E-state index is 14.3. The summed E-state index contributed by atoms with van der Waals surface area (Å²) in [5.41, 5.74) is 9.58. The van der Waals surface area contributed by atoms with E-state index in [1.807, 2.05) is 32.0 Å². The fourth-order valence-electron chi connectivity index (χ4n) is 7.17. The number of rotatable bonds is 12. The Hall–Kier alpha value is -4.60. The summed E-state index contributed by atoms with van der Waals surface area (Å²) in [7, 11) is 0. The third kappa shape index (κ3) is 7.21. The summed E-state index contributed by atoms with van der Waals surface area (Å²) in [4.78, 5) is 55.8. The van der Waals surface area contributed by atoms with Crippen molar-refractivity contribution in [2.75, 3.05) is 13.1 Å². The fraction of sp³-hybridized carbons (Fsp3) is 0.432. The van der Waals surface area contributed by atoms with Crippen LogP contribution in [-0.2, 0) is 39.2 Å². The van der Waals surface area contributed by atoms with Crippen molar-refractivity contribution >= 4 is 35.4 Å². The number of primary amides is 1. The summed E-state index contributed by atoms with van der Waals surface area (Å²) in [6, 6.07) is 9.26. The number of hydrogen-bond donors (Lipinski definition) is 3. The van der Waals surface area contributed by atoms with Gasteiger partial charge in [0.1, 0.15) is 12.4 Å². The number of nitrogens with zero attached hydrogens (tertiary/aromatic N) is 2. The van der Waals surface area contributed by atoms with Gasteiger partial charge in [0, 0.05) is 30.6 Å². The van der Waals surface area contributed by atoms with Crippen LogP contribution < -0.4 is 11.1 Å². The minimum atomic E-state index is -1.03. The van der Waals surface area contributed by atoms with Gasteiger partial charge in [-0.15, -0.1) is 0 Å². The monoisotopic (exact) mass is 641 g/mol. The number of imide groups is 1. The van der Waals surface area contributed by atoms with E-state index in [2.05, 4.69) is 5.32 Å². The van der Waals surface area contributed by atoms with Crippen molar-refractivity contribution in [1.82, 2.24) is 15.1 Å². The van der Waals surface area contributed by atoms with Crippen LogP contribution in [0.25, 0.3) is 5.57 Å². The molecular formula is C37H44FN5O4. The number of carbonyl (C=O) groups excluding carboxylic acids is 4. The Morgan fingerprint density at radius 3 is 2.53 bits per heavy atom. The Labute approximate surface area is 275 Å². The van der Waals surface area contributed by atoms with E-state index in [9.17, 15) is 23.6 Å². The molecule has 2 aromatic rings. The molecule has 0 spiro atoms. The summed E-state index contributed by atoms with van der Waals surface area (Å²) in [5.74, 6) is -0.857. The molecular weight excluding hydrogens is 597 g/mol. The summed E-state index contributed by atoms with van der Waals surface area (Å²) in [6.07, 6.45) is 11.7. The zero-order valence-corrected chi connectivity index (χ0v) is 27.2. The summed E-state index contributed by atoms with van der Waals surface area (Å²) < 4.78 is 14.0. The molecule has 2 aliphatic carbocycles. The van der Waals surface area contributed by atoms with Crippen LogP contribution in [0.2, 0.25) is 0 Å². The van der Waals surface area contributed by atoms with E-state index in [0.717, 1.165) is 52.0 Å². The summed E-state index contributed by atoms with van der Waals surface area (Å²) >= 11 is 0. The van der Waals surface area contributed by atoms with E-state index in [-0.39, 0.29) is 30.1 Å². The number of halogens is 1. The Morgan fingerprint density at radius 1 is 1.06 bits per heavy atom. The SMILES string of the molecule is CC/C=C/C(=O)CN/C=C(\C=N)c1ccc2c(c1)CC[C@]2(CC)C(=O)N(CC(=O)N1Cc2ccc(F)cc2CC[C@@H]1C1CC1)C(N)=O. The molecule has 0 radical (unpaired) electrons. The lowest BCUT2D eigenvalue weighted by atomic mass is 9.77. The smallest absolute Gasteiger partial charge is 0.321 e. The highest BCUT2D eigenvalue weighted by atomic mass is 19.1. The molecule has 0 bridgehead atoms. The lowest BCUT2D eigenvalue weighted by molar-refractivity contribution is -0.143. The van der Waals surface area contributed by atoms with Crippen LogP contribution in [0.4, 0.5) is 9.18 Å². The van der Waals surface area contributed by atoms with E-state index >= 15 is 0 Å². The van der Waals surface area contributed by atoms with Gasteiger partial charge in [-0.2, -0.15) is 0 Å². The van der Waals surface area contributed by atoms with Gasteiger partial charge in [-0.05, 0) is 103 Å². The molecule has 1 heterocycles. The van der Waals surface area contributed by atoms with Gasteiger partial charge in [0.05, 0.1) is 12.0 Å². The first-order valence-electron chi connectivity index (χ1n) is 16.6. The van der Waals surface area contributed by atoms with Crippen molar-refractivity contribution in [3.63, 3.8) is 0 Å². The third-order valence-electron chi connectivity index (χ3n) is 9.93.